The summed E-state index contributed by atoms with van der Waals surface area (Å²) in [5, 5.41) is 10.1. The normalized spacial score (nSPS) is 10.7. The van der Waals surface area contributed by atoms with E-state index < -0.39 is 0 Å². The van der Waals surface area contributed by atoms with Gasteiger partial charge < -0.3 is 16.0 Å². The van der Waals surface area contributed by atoms with Crippen LogP contribution in [0.3, 0.4) is 0 Å². The second kappa shape index (κ2) is 11.7. The number of aryl methyl sites for hydroxylation is 1. The van der Waals surface area contributed by atoms with Crippen molar-refractivity contribution in [1.82, 2.24) is 20.9 Å². The van der Waals surface area contributed by atoms with E-state index in [2.05, 4.69) is 25.9 Å². The molecule has 6 nitrogen and oxygen atoms in total. The molecule has 0 bridgehead atoms. The van der Waals surface area contributed by atoms with E-state index in [9.17, 15) is 4.79 Å². The highest BCUT2D eigenvalue weighted by atomic mass is 127. The van der Waals surface area contributed by atoms with E-state index in [0.29, 0.717) is 25.5 Å². The fourth-order valence-corrected chi connectivity index (χ4v) is 2.24. The van der Waals surface area contributed by atoms with Gasteiger partial charge in [-0.2, -0.15) is 0 Å². The van der Waals surface area contributed by atoms with Gasteiger partial charge in [-0.25, -0.2) is 4.98 Å². The molecule has 0 radical (unpaired) electrons. The van der Waals surface area contributed by atoms with Crippen LogP contribution in [0.25, 0.3) is 0 Å². The van der Waals surface area contributed by atoms with E-state index in [1.165, 1.54) is 4.88 Å². The third kappa shape index (κ3) is 8.86. The highest BCUT2D eigenvalue weighted by Gasteiger charge is 2.03. The number of halogens is 1. The summed E-state index contributed by atoms with van der Waals surface area (Å²) in [7, 11) is 1.71. The van der Waals surface area contributed by atoms with Gasteiger partial charge in [-0.3, -0.25) is 9.79 Å². The maximum absolute atomic E-state index is 11.4. The first-order valence-corrected chi connectivity index (χ1v) is 7.60. The Balaban J connectivity index is 0.00000400. The number of rotatable bonds is 7. The van der Waals surface area contributed by atoms with Crippen molar-refractivity contribution in [1.29, 1.82) is 0 Å². The molecule has 0 fully saturated rings. The van der Waals surface area contributed by atoms with E-state index in [0.717, 1.165) is 18.0 Å². The van der Waals surface area contributed by atoms with E-state index in [1.54, 1.807) is 18.4 Å². The minimum atomic E-state index is 0. The average molecular weight is 425 g/mol. The summed E-state index contributed by atoms with van der Waals surface area (Å²) in [6, 6.07) is 0. The second-order valence-electron chi connectivity index (χ2n) is 4.32. The lowest BCUT2D eigenvalue weighted by Gasteiger charge is -2.10. The Kier molecular flexibility index (Phi) is 11.2. The molecule has 0 aliphatic heterocycles. The van der Waals surface area contributed by atoms with E-state index in [-0.39, 0.29) is 29.9 Å². The number of thiazole rings is 1. The molecule has 1 rings (SSSR count). The van der Waals surface area contributed by atoms with Gasteiger partial charge in [0.15, 0.2) is 5.96 Å². The van der Waals surface area contributed by atoms with Gasteiger partial charge in [0.1, 0.15) is 5.01 Å². The molecule has 0 saturated heterocycles. The number of aliphatic imine (C=N–C) groups is 1. The van der Waals surface area contributed by atoms with Crippen LogP contribution in [0.1, 0.15) is 29.7 Å². The Morgan fingerprint density at radius 3 is 2.67 bits per heavy atom. The smallest absolute Gasteiger partial charge is 0.221 e. The van der Waals surface area contributed by atoms with Crippen LogP contribution in [-0.2, 0) is 11.3 Å². The Bertz CT molecular complexity index is 450. The highest BCUT2D eigenvalue weighted by Crippen LogP contribution is 2.10. The first-order chi connectivity index (χ1) is 9.65. The summed E-state index contributed by atoms with van der Waals surface area (Å²) in [6.45, 7) is 6.00. The van der Waals surface area contributed by atoms with E-state index in [1.807, 2.05) is 20.0 Å². The largest absolute Gasteiger partial charge is 0.356 e. The Morgan fingerprint density at radius 1 is 1.33 bits per heavy atom. The fraction of sp³-hybridized carbons (Fsp3) is 0.615. The van der Waals surface area contributed by atoms with Crippen molar-refractivity contribution in [2.45, 2.75) is 33.2 Å². The molecule has 120 valence electrons. The number of amides is 1. The predicted molar refractivity (Wildman–Crippen MR) is 98.4 cm³/mol. The topological polar surface area (TPSA) is 78.4 Å². The number of hydrogen-bond donors (Lipinski definition) is 3. The van der Waals surface area contributed by atoms with Crippen LogP contribution < -0.4 is 16.0 Å². The lowest BCUT2D eigenvalue weighted by molar-refractivity contribution is -0.120. The molecule has 1 aromatic rings. The standard InChI is InChI=1S/C13H23N5OS.HI/c1-4-6-15-11(19)5-7-16-13(14-3)18-9-12-17-8-10(2)20-12;/h8H,4-7,9H2,1-3H3,(H,15,19)(H2,14,16,18);1H. The molecule has 3 N–H and O–H groups in total. The van der Waals surface area contributed by atoms with Crippen LogP contribution in [0.15, 0.2) is 11.2 Å². The minimum Gasteiger partial charge on any atom is -0.356 e. The zero-order valence-corrected chi connectivity index (χ0v) is 15.9. The van der Waals surface area contributed by atoms with Crippen LogP contribution in [0.2, 0.25) is 0 Å². The molecule has 1 amide bonds. The molecule has 0 atom stereocenters. The summed E-state index contributed by atoms with van der Waals surface area (Å²) in [5.74, 6) is 0.742. The van der Waals surface area contributed by atoms with Crippen molar-refractivity contribution in [3.8, 4) is 0 Å². The summed E-state index contributed by atoms with van der Waals surface area (Å²) in [4.78, 5) is 21.0. The quantitative estimate of drug-likeness (QED) is 0.353. The number of guanidine groups is 1. The van der Waals surface area contributed by atoms with Crippen LogP contribution >= 0.6 is 35.3 Å². The summed E-state index contributed by atoms with van der Waals surface area (Å²) in [6.07, 6.45) is 3.25. The number of nitrogens with one attached hydrogen (secondary N) is 3. The Morgan fingerprint density at radius 2 is 2.10 bits per heavy atom. The van der Waals surface area contributed by atoms with Crippen molar-refractivity contribution in [2.24, 2.45) is 4.99 Å². The van der Waals surface area contributed by atoms with Crippen LogP contribution in [0.4, 0.5) is 0 Å². The van der Waals surface area contributed by atoms with Gasteiger partial charge in [0.25, 0.3) is 0 Å². The number of nitrogens with zero attached hydrogens (tertiary/aromatic N) is 2. The van der Waals surface area contributed by atoms with Gasteiger partial charge in [-0.1, -0.05) is 6.92 Å². The summed E-state index contributed by atoms with van der Waals surface area (Å²) in [5.41, 5.74) is 0. The molecule has 8 heteroatoms. The average Bonchev–Trinajstić information content (AvgIpc) is 2.86. The van der Waals surface area contributed by atoms with Crippen molar-refractivity contribution in [3.05, 3.63) is 16.1 Å². The summed E-state index contributed by atoms with van der Waals surface area (Å²) < 4.78 is 0. The lowest BCUT2D eigenvalue weighted by Crippen LogP contribution is -2.39. The maximum Gasteiger partial charge on any atom is 0.221 e. The second-order valence-corrected chi connectivity index (χ2v) is 5.64. The van der Waals surface area contributed by atoms with Gasteiger partial charge in [0, 0.05) is 37.6 Å². The molecule has 21 heavy (non-hydrogen) atoms. The highest BCUT2D eigenvalue weighted by molar-refractivity contribution is 14.0. The molecule has 0 saturated carbocycles. The third-order valence-electron chi connectivity index (χ3n) is 2.52. The zero-order chi connectivity index (χ0) is 14.8. The molecule has 0 aromatic carbocycles. The maximum atomic E-state index is 11.4. The van der Waals surface area contributed by atoms with Gasteiger partial charge >= 0.3 is 0 Å². The van der Waals surface area contributed by atoms with Gasteiger partial charge in [0.2, 0.25) is 5.91 Å². The van der Waals surface area contributed by atoms with Crippen LogP contribution in [0, 0.1) is 6.92 Å². The van der Waals surface area contributed by atoms with Crippen LogP contribution in [0.5, 0.6) is 0 Å². The Labute approximate surface area is 147 Å². The minimum absolute atomic E-state index is 0. The van der Waals surface area contributed by atoms with Gasteiger partial charge in [-0.15, -0.1) is 35.3 Å². The van der Waals surface area contributed by atoms with Crippen molar-refractivity contribution in [3.63, 3.8) is 0 Å². The zero-order valence-electron chi connectivity index (χ0n) is 12.7. The first kappa shape index (κ1) is 20.1. The number of carbonyl (C=O) groups excluding carboxylic acids is 1. The number of hydrogen-bond acceptors (Lipinski definition) is 4. The van der Waals surface area contributed by atoms with Crippen molar-refractivity contribution < 1.29 is 4.79 Å². The number of carbonyl (C=O) groups is 1. The van der Waals surface area contributed by atoms with Crippen molar-refractivity contribution in [2.75, 3.05) is 20.1 Å². The summed E-state index contributed by atoms with van der Waals surface area (Å²) >= 11 is 1.66. The molecule has 0 aliphatic carbocycles. The fourth-order valence-electron chi connectivity index (χ4n) is 1.51. The first-order valence-electron chi connectivity index (χ1n) is 6.78. The predicted octanol–water partition coefficient (Wildman–Crippen LogP) is 1.65. The monoisotopic (exact) mass is 425 g/mol. The van der Waals surface area contributed by atoms with E-state index in [4.69, 9.17) is 0 Å². The molecular formula is C13H24IN5OS. The van der Waals surface area contributed by atoms with Gasteiger partial charge in [-0.05, 0) is 13.3 Å². The van der Waals surface area contributed by atoms with E-state index >= 15 is 0 Å². The third-order valence-corrected chi connectivity index (χ3v) is 3.43. The molecule has 1 aromatic heterocycles. The number of aromatic nitrogens is 1. The Hall–Kier alpha value is -0.900. The molecule has 1 heterocycles. The molecule has 0 spiro atoms. The van der Waals surface area contributed by atoms with Crippen LogP contribution in [-0.4, -0.2) is 37.0 Å². The SMILES string of the molecule is CCCNC(=O)CCNC(=NC)NCc1ncc(C)s1.I. The lowest BCUT2D eigenvalue weighted by atomic mass is 10.4. The van der Waals surface area contributed by atoms with Crippen molar-refractivity contribution >= 4 is 47.2 Å². The molecule has 0 unspecified atom stereocenters. The molecular weight excluding hydrogens is 401 g/mol. The van der Waals surface area contributed by atoms with Gasteiger partial charge in [0.05, 0.1) is 6.54 Å². The molecule has 0 aliphatic rings.